The van der Waals surface area contributed by atoms with Crippen LogP contribution < -0.4 is 0 Å². The highest BCUT2D eigenvalue weighted by Gasteiger charge is 2.42. The molecule has 26 heavy (non-hydrogen) atoms. The zero-order valence-corrected chi connectivity index (χ0v) is 15.2. The average molecular weight is 357 g/mol. The number of H-pyrrole nitrogens is 1. The Morgan fingerprint density at radius 2 is 2.23 bits per heavy atom. The lowest BCUT2D eigenvalue weighted by molar-refractivity contribution is -0.144. The average Bonchev–Trinajstić information content (AvgIpc) is 3.00. The second kappa shape index (κ2) is 7.07. The molecule has 2 fully saturated rings. The van der Waals surface area contributed by atoms with Crippen molar-refractivity contribution in [3.8, 4) is 0 Å². The largest absolute Gasteiger partial charge is 0.390 e. The van der Waals surface area contributed by atoms with E-state index in [1.165, 1.54) is 22.0 Å². The number of nitrogens with one attached hydrogen (secondary N) is 1. The van der Waals surface area contributed by atoms with Gasteiger partial charge in [0.1, 0.15) is 0 Å². The van der Waals surface area contributed by atoms with Crippen molar-refractivity contribution in [3.05, 3.63) is 35.5 Å². The normalized spacial score (nSPS) is 26.4. The number of hydrogen-bond donors (Lipinski definition) is 2. The molecule has 3 unspecified atom stereocenters. The van der Waals surface area contributed by atoms with E-state index in [0.29, 0.717) is 13.0 Å². The molecule has 1 amide bonds. The van der Waals surface area contributed by atoms with Gasteiger partial charge in [-0.15, -0.1) is 0 Å². The molecule has 2 bridgehead atoms. The number of para-hydroxylation sites is 1. The number of carbonyl (C=O) groups excluding carboxylic acids is 1. The van der Waals surface area contributed by atoms with E-state index in [1.54, 1.807) is 0 Å². The van der Waals surface area contributed by atoms with Gasteiger partial charge in [0, 0.05) is 36.1 Å². The lowest BCUT2D eigenvalue weighted by atomic mass is 9.76. The first-order valence-electron chi connectivity index (χ1n) is 9.55. The first-order chi connectivity index (χ1) is 12.0. The van der Waals surface area contributed by atoms with Gasteiger partial charge < -0.3 is 15.0 Å². The van der Waals surface area contributed by atoms with Crippen LogP contribution in [0.25, 0.3) is 10.9 Å². The Balaban J connectivity index is 0.00000196. The van der Waals surface area contributed by atoms with Crippen LogP contribution >= 0.6 is 0 Å². The molecule has 0 radical (unpaired) electrons. The third-order valence-corrected chi connectivity index (χ3v) is 6.34. The van der Waals surface area contributed by atoms with E-state index >= 15 is 0 Å². The van der Waals surface area contributed by atoms with Crippen molar-refractivity contribution in [2.75, 3.05) is 6.54 Å². The van der Waals surface area contributed by atoms with Crippen LogP contribution in [0.1, 0.15) is 69.9 Å². The van der Waals surface area contributed by atoms with E-state index in [-0.39, 0.29) is 25.3 Å². The SMILES string of the molecule is C.Cc1cccc2c(C(C)CC(=O)N3CCC4(O)CCCC3C4)c[nH]c12. The van der Waals surface area contributed by atoms with Crippen molar-refractivity contribution in [1.29, 1.82) is 0 Å². The number of carbonyl (C=O) groups is 1. The molecule has 0 spiro atoms. The molecule has 1 saturated carbocycles. The van der Waals surface area contributed by atoms with Crippen LogP contribution in [0.3, 0.4) is 0 Å². The number of rotatable bonds is 3. The van der Waals surface area contributed by atoms with Crippen LogP contribution in [0.5, 0.6) is 0 Å². The van der Waals surface area contributed by atoms with E-state index in [0.717, 1.165) is 32.1 Å². The van der Waals surface area contributed by atoms with E-state index in [9.17, 15) is 9.90 Å². The molecule has 4 heteroatoms. The molecular weight excluding hydrogens is 324 g/mol. The van der Waals surface area contributed by atoms with Crippen LogP contribution in [0, 0.1) is 6.92 Å². The predicted molar refractivity (Wildman–Crippen MR) is 106 cm³/mol. The molecule has 4 rings (SSSR count). The number of piperidine rings is 1. The summed E-state index contributed by atoms with van der Waals surface area (Å²) < 4.78 is 0. The maximum Gasteiger partial charge on any atom is 0.223 e. The summed E-state index contributed by atoms with van der Waals surface area (Å²) in [5.41, 5.74) is 3.12. The van der Waals surface area contributed by atoms with Crippen molar-refractivity contribution in [3.63, 3.8) is 0 Å². The number of benzene rings is 1. The highest BCUT2D eigenvalue weighted by Crippen LogP contribution is 2.39. The summed E-state index contributed by atoms with van der Waals surface area (Å²) in [4.78, 5) is 18.4. The Bertz CT molecular complexity index is 797. The second-order valence-corrected chi connectivity index (χ2v) is 8.16. The number of likely N-dealkylation sites (tertiary alicyclic amines) is 1. The summed E-state index contributed by atoms with van der Waals surface area (Å²) in [5, 5.41) is 11.8. The van der Waals surface area contributed by atoms with Gasteiger partial charge in [-0.3, -0.25) is 4.79 Å². The second-order valence-electron chi connectivity index (χ2n) is 8.16. The number of aliphatic hydroxyl groups is 1. The summed E-state index contributed by atoms with van der Waals surface area (Å²) in [6, 6.07) is 6.56. The van der Waals surface area contributed by atoms with Gasteiger partial charge in [0.25, 0.3) is 0 Å². The minimum Gasteiger partial charge on any atom is -0.390 e. The van der Waals surface area contributed by atoms with Crippen molar-refractivity contribution in [2.45, 2.75) is 77.4 Å². The zero-order valence-electron chi connectivity index (χ0n) is 15.2. The molecule has 4 nitrogen and oxygen atoms in total. The van der Waals surface area contributed by atoms with Gasteiger partial charge in [0.15, 0.2) is 0 Å². The van der Waals surface area contributed by atoms with Crippen LogP contribution in [0.4, 0.5) is 0 Å². The number of hydrogen-bond acceptors (Lipinski definition) is 2. The van der Waals surface area contributed by atoms with Crippen molar-refractivity contribution >= 4 is 16.8 Å². The topological polar surface area (TPSA) is 56.3 Å². The Hall–Kier alpha value is -1.81. The first kappa shape index (κ1) is 19.0. The highest BCUT2D eigenvalue weighted by atomic mass is 16.3. The van der Waals surface area contributed by atoms with Gasteiger partial charge in [0.05, 0.1) is 5.60 Å². The van der Waals surface area contributed by atoms with E-state index in [1.807, 2.05) is 4.90 Å². The van der Waals surface area contributed by atoms with Crippen molar-refractivity contribution in [1.82, 2.24) is 9.88 Å². The van der Waals surface area contributed by atoms with Gasteiger partial charge in [-0.05, 0) is 56.1 Å². The van der Waals surface area contributed by atoms with E-state index in [2.05, 4.69) is 43.2 Å². The van der Waals surface area contributed by atoms with Crippen LogP contribution in [0.2, 0.25) is 0 Å². The minimum atomic E-state index is -0.514. The lowest BCUT2D eigenvalue weighted by Gasteiger charge is -2.48. The van der Waals surface area contributed by atoms with Crippen molar-refractivity contribution in [2.24, 2.45) is 0 Å². The quantitative estimate of drug-likeness (QED) is 0.850. The fourth-order valence-electron chi connectivity index (χ4n) is 4.87. The molecule has 2 N–H and O–H groups in total. The number of nitrogens with zero attached hydrogens (tertiary/aromatic N) is 1. The molecule has 2 aliphatic rings. The van der Waals surface area contributed by atoms with Crippen LogP contribution in [-0.4, -0.2) is 39.1 Å². The highest BCUT2D eigenvalue weighted by molar-refractivity contribution is 5.87. The molecule has 2 heterocycles. The molecule has 1 aliphatic heterocycles. The number of aromatic nitrogens is 1. The first-order valence-corrected chi connectivity index (χ1v) is 9.55. The van der Waals surface area contributed by atoms with E-state index < -0.39 is 5.60 Å². The van der Waals surface area contributed by atoms with Crippen LogP contribution in [-0.2, 0) is 4.79 Å². The minimum absolute atomic E-state index is 0. The van der Waals surface area contributed by atoms with Gasteiger partial charge >= 0.3 is 0 Å². The maximum absolute atomic E-state index is 12.9. The molecule has 1 aliphatic carbocycles. The standard InChI is InChI=1S/C21H28N2O2.CH4/c1-14-5-3-7-17-18(13-22-20(14)17)15(2)11-19(24)23-10-9-21(25)8-4-6-16(23)12-21;/h3,5,7,13,15-16,22,25H,4,6,8-12H2,1-2H3;1H4. The maximum atomic E-state index is 12.9. The molecule has 1 saturated heterocycles. The fraction of sp³-hybridized carbons (Fsp3) is 0.591. The number of aromatic amines is 1. The number of aryl methyl sites for hydroxylation is 1. The molecular formula is C22H32N2O2. The third-order valence-electron chi connectivity index (χ3n) is 6.34. The molecule has 2 aromatic rings. The van der Waals surface area contributed by atoms with Gasteiger partial charge in [-0.1, -0.05) is 32.5 Å². The zero-order chi connectivity index (χ0) is 17.6. The molecule has 1 aromatic heterocycles. The predicted octanol–water partition coefficient (Wildman–Crippen LogP) is 4.51. The fourth-order valence-corrected chi connectivity index (χ4v) is 4.87. The van der Waals surface area contributed by atoms with E-state index in [4.69, 9.17) is 0 Å². The molecule has 1 aromatic carbocycles. The number of fused-ring (bicyclic) bond motifs is 3. The Morgan fingerprint density at radius 3 is 3.04 bits per heavy atom. The Morgan fingerprint density at radius 1 is 1.42 bits per heavy atom. The van der Waals surface area contributed by atoms with Crippen molar-refractivity contribution < 1.29 is 9.90 Å². The summed E-state index contributed by atoms with van der Waals surface area (Å²) >= 11 is 0. The summed E-state index contributed by atoms with van der Waals surface area (Å²) in [7, 11) is 0. The lowest BCUT2D eigenvalue weighted by Crippen LogP contribution is -2.55. The smallest absolute Gasteiger partial charge is 0.223 e. The number of amides is 1. The monoisotopic (exact) mass is 356 g/mol. The molecule has 3 atom stereocenters. The third kappa shape index (κ3) is 3.27. The summed E-state index contributed by atoms with van der Waals surface area (Å²) in [6.45, 7) is 4.96. The van der Waals surface area contributed by atoms with Gasteiger partial charge in [0.2, 0.25) is 5.91 Å². The molecule has 142 valence electrons. The Labute approximate surface area is 156 Å². The van der Waals surface area contributed by atoms with Gasteiger partial charge in [-0.25, -0.2) is 0 Å². The van der Waals surface area contributed by atoms with Crippen LogP contribution in [0.15, 0.2) is 24.4 Å². The Kier molecular flexibility index (Phi) is 5.16. The van der Waals surface area contributed by atoms with Gasteiger partial charge in [-0.2, -0.15) is 0 Å². The summed E-state index contributed by atoms with van der Waals surface area (Å²) in [5.74, 6) is 0.427. The summed E-state index contributed by atoms with van der Waals surface area (Å²) in [6.07, 6.45) is 7.06.